The molecule has 1 fully saturated rings. The van der Waals surface area contributed by atoms with Gasteiger partial charge in [-0.05, 0) is 18.6 Å². The van der Waals surface area contributed by atoms with Crippen molar-refractivity contribution in [2.75, 3.05) is 45.8 Å². The lowest BCUT2D eigenvalue weighted by atomic mass is 10.2. The molecule has 3 N–H and O–H groups in total. The van der Waals surface area contributed by atoms with Crippen LogP contribution < -0.4 is 16.0 Å². The highest BCUT2D eigenvalue weighted by molar-refractivity contribution is 5.94. The summed E-state index contributed by atoms with van der Waals surface area (Å²) in [5.74, 6) is -0.0428. The number of piperazine rings is 1. The third-order valence-corrected chi connectivity index (χ3v) is 3.86. The predicted octanol–water partition coefficient (Wildman–Crippen LogP) is 0.640. The first-order valence-corrected chi connectivity index (χ1v) is 8.29. The summed E-state index contributed by atoms with van der Waals surface area (Å²) in [4.78, 5) is 25.9. The van der Waals surface area contributed by atoms with Gasteiger partial charge >= 0.3 is 0 Å². The molecule has 0 unspecified atom stereocenters. The molecule has 0 saturated carbocycles. The predicted molar refractivity (Wildman–Crippen MR) is 97.6 cm³/mol. The Hall–Kier alpha value is -1.63. The third kappa shape index (κ3) is 7.77. The second-order valence-electron chi connectivity index (χ2n) is 5.67. The van der Waals surface area contributed by atoms with Gasteiger partial charge in [0.1, 0.15) is 0 Å². The first kappa shape index (κ1) is 20.4. The number of carbonyl (C=O) groups is 2. The van der Waals surface area contributed by atoms with Gasteiger partial charge in [0, 0.05) is 57.8 Å². The minimum atomic E-state index is -0.0929. The van der Waals surface area contributed by atoms with Crippen molar-refractivity contribution in [1.29, 1.82) is 0 Å². The molecule has 24 heavy (non-hydrogen) atoms. The fourth-order valence-corrected chi connectivity index (χ4v) is 2.52. The molecule has 0 bridgehead atoms. The highest BCUT2D eigenvalue weighted by atomic mass is 35.5. The molecule has 0 radical (unpaired) electrons. The molecular weight excluding hydrogens is 328 g/mol. The van der Waals surface area contributed by atoms with E-state index >= 15 is 0 Å². The first-order valence-electron chi connectivity index (χ1n) is 8.29. The topological polar surface area (TPSA) is 73.5 Å². The summed E-state index contributed by atoms with van der Waals surface area (Å²) in [6, 6.07) is 9.10. The summed E-state index contributed by atoms with van der Waals surface area (Å²) >= 11 is 0. The van der Waals surface area contributed by atoms with E-state index in [1.165, 1.54) is 0 Å². The largest absolute Gasteiger partial charge is 0.355 e. The molecule has 0 aromatic heterocycles. The normalized spacial score (nSPS) is 14.5. The standard InChI is InChI=1S/C17H26N4O2.ClH/c22-16(19-11-14-21-12-9-18-10-13-21)7-4-8-20-17(23)15-5-2-1-3-6-15;/h1-3,5-6,18H,4,7-14H2,(H,19,22)(H,20,23);1H. The van der Waals surface area contributed by atoms with E-state index in [-0.39, 0.29) is 24.2 Å². The average molecular weight is 355 g/mol. The van der Waals surface area contributed by atoms with Gasteiger partial charge in [-0.1, -0.05) is 18.2 Å². The van der Waals surface area contributed by atoms with Crippen molar-refractivity contribution in [3.8, 4) is 0 Å². The highest BCUT2D eigenvalue weighted by Gasteiger charge is 2.09. The molecule has 1 aliphatic heterocycles. The zero-order chi connectivity index (χ0) is 16.3. The van der Waals surface area contributed by atoms with Gasteiger partial charge < -0.3 is 16.0 Å². The molecule has 1 aromatic rings. The molecule has 2 rings (SSSR count). The van der Waals surface area contributed by atoms with Crippen molar-refractivity contribution >= 4 is 24.2 Å². The summed E-state index contributed by atoms with van der Waals surface area (Å²) < 4.78 is 0. The average Bonchev–Trinajstić information content (AvgIpc) is 2.60. The Morgan fingerprint density at radius 2 is 1.75 bits per heavy atom. The number of benzene rings is 1. The van der Waals surface area contributed by atoms with Gasteiger partial charge in [-0.25, -0.2) is 0 Å². The van der Waals surface area contributed by atoms with Crippen molar-refractivity contribution in [2.45, 2.75) is 12.8 Å². The number of amides is 2. The van der Waals surface area contributed by atoms with E-state index in [2.05, 4.69) is 20.9 Å². The van der Waals surface area contributed by atoms with Crippen LogP contribution in [0.4, 0.5) is 0 Å². The summed E-state index contributed by atoms with van der Waals surface area (Å²) in [7, 11) is 0. The van der Waals surface area contributed by atoms with Crippen LogP contribution in [0, 0.1) is 0 Å². The maximum atomic E-state index is 11.8. The maximum Gasteiger partial charge on any atom is 0.251 e. The molecule has 134 valence electrons. The molecule has 0 atom stereocenters. The van der Waals surface area contributed by atoms with Crippen LogP contribution in [-0.2, 0) is 4.79 Å². The van der Waals surface area contributed by atoms with Crippen molar-refractivity contribution < 1.29 is 9.59 Å². The van der Waals surface area contributed by atoms with Gasteiger partial charge in [0.2, 0.25) is 5.91 Å². The second kappa shape index (κ2) is 11.8. The zero-order valence-corrected chi connectivity index (χ0v) is 14.7. The van der Waals surface area contributed by atoms with Crippen LogP contribution >= 0.6 is 12.4 Å². The fourth-order valence-electron chi connectivity index (χ4n) is 2.52. The minimum Gasteiger partial charge on any atom is -0.355 e. The van der Waals surface area contributed by atoms with Crippen molar-refractivity contribution in [3.05, 3.63) is 35.9 Å². The van der Waals surface area contributed by atoms with Crippen LogP contribution in [0.25, 0.3) is 0 Å². The maximum absolute atomic E-state index is 11.8. The lowest BCUT2D eigenvalue weighted by Gasteiger charge is -2.27. The van der Waals surface area contributed by atoms with E-state index in [4.69, 9.17) is 0 Å². The van der Waals surface area contributed by atoms with Gasteiger partial charge in [0.25, 0.3) is 5.91 Å². The quantitative estimate of drug-likeness (QED) is 0.599. The van der Waals surface area contributed by atoms with Gasteiger partial charge in [-0.2, -0.15) is 0 Å². The number of hydrogen-bond acceptors (Lipinski definition) is 4. The Bertz CT molecular complexity index is 493. The molecular formula is C17H27ClN4O2. The monoisotopic (exact) mass is 354 g/mol. The molecule has 1 aliphatic rings. The summed E-state index contributed by atoms with van der Waals surface area (Å²) in [6.07, 6.45) is 1.09. The van der Waals surface area contributed by atoms with E-state index in [1.54, 1.807) is 12.1 Å². The lowest BCUT2D eigenvalue weighted by Crippen LogP contribution is -2.46. The minimum absolute atomic E-state index is 0. The van der Waals surface area contributed by atoms with E-state index < -0.39 is 0 Å². The summed E-state index contributed by atoms with van der Waals surface area (Å²) in [6.45, 7) is 6.24. The van der Waals surface area contributed by atoms with Crippen LogP contribution in [0.2, 0.25) is 0 Å². The Morgan fingerprint density at radius 3 is 2.46 bits per heavy atom. The second-order valence-corrected chi connectivity index (χ2v) is 5.67. The summed E-state index contributed by atoms with van der Waals surface area (Å²) in [5, 5.41) is 9.07. The molecule has 1 saturated heterocycles. The Morgan fingerprint density at radius 1 is 1.04 bits per heavy atom. The van der Waals surface area contributed by atoms with E-state index in [9.17, 15) is 9.59 Å². The number of halogens is 1. The Labute approximate surface area is 149 Å². The molecule has 1 aromatic carbocycles. The Kier molecular flexibility index (Phi) is 10.1. The molecule has 0 aliphatic carbocycles. The SMILES string of the molecule is Cl.O=C(CCCNC(=O)c1ccccc1)NCCN1CCNCC1. The van der Waals surface area contributed by atoms with Crippen molar-refractivity contribution in [1.82, 2.24) is 20.9 Å². The summed E-state index contributed by atoms with van der Waals surface area (Å²) in [5.41, 5.74) is 0.646. The zero-order valence-electron chi connectivity index (χ0n) is 13.9. The van der Waals surface area contributed by atoms with Crippen LogP contribution in [-0.4, -0.2) is 62.5 Å². The lowest BCUT2D eigenvalue weighted by molar-refractivity contribution is -0.121. The van der Waals surface area contributed by atoms with Crippen LogP contribution in [0.5, 0.6) is 0 Å². The fraction of sp³-hybridized carbons (Fsp3) is 0.529. The van der Waals surface area contributed by atoms with Gasteiger partial charge in [0.15, 0.2) is 0 Å². The van der Waals surface area contributed by atoms with E-state index in [1.807, 2.05) is 18.2 Å². The molecule has 6 nitrogen and oxygen atoms in total. The highest BCUT2D eigenvalue weighted by Crippen LogP contribution is 1.98. The van der Waals surface area contributed by atoms with E-state index in [0.717, 1.165) is 32.7 Å². The number of hydrogen-bond donors (Lipinski definition) is 3. The van der Waals surface area contributed by atoms with Crippen LogP contribution in [0.3, 0.4) is 0 Å². The molecule has 1 heterocycles. The van der Waals surface area contributed by atoms with Gasteiger partial charge in [-0.15, -0.1) is 12.4 Å². The van der Waals surface area contributed by atoms with E-state index in [0.29, 0.717) is 31.5 Å². The van der Waals surface area contributed by atoms with Gasteiger partial charge in [-0.3, -0.25) is 14.5 Å². The van der Waals surface area contributed by atoms with Crippen molar-refractivity contribution in [2.24, 2.45) is 0 Å². The Balaban J connectivity index is 0.00000288. The van der Waals surface area contributed by atoms with Crippen LogP contribution in [0.15, 0.2) is 30.3 Å². The number of carbonyl (C=O) groups excluding carboxylic acids is 2. The van der Waals surface area contributed by atoms with Crippen LogP contribution in [0.1, 0.15) is 23.2 Å². The molecule has 0 spiro atoms. The third-order valence-electron chi connectivity index (χ3n) is 3.86. The number of nitrogens with one attached hydrogen (secondary N) is 3. The molecule has 2 amide bonds. The molecule has 7 heteroatoms. The number of rotatable bonds is 8. The first-order chi connectivity index (χ1) is 11.3. The van der Waals surface area contributed by atoms with Gasteiger partial charge in [0.05, 0.1) is 0 Å². The number of nitrogens with zero attached hydrogens (tertiary/aromatic N) is 1. The smallest absolute Gasteiger partial charge is 0.251 e. The van der Waals surface area contributed by atoms with Crippen molar-refractivity contribution in [3.63, 3.8) is 0 Å².